The second kappa shape index (κ2) is 15.7. The molecule has 2 rings (SSSR count). The zero-order chi connectivity index (χ0) is 17.4. The molecule has 0 aliphatic heterocycles. The predicted molar refractivity (Wildman–Crippen MR) is 105 cm³/mol. The van der Waals surface area contributed by atoms with Gasteiger partial charge in [0.1, 0.15) is 0 Å². The first-order chi connectivity index (χ1) is 11.2. The Labute approximate surface area is 147 Å². The lowest BCUT2D eigenvalue weighted by atomic mass is 10.4. The van der Waals surface area contributed by atoms with Crippen LogP contribution < -0.4 is 4.83 Å². The number of nitrogens with zero attached hydrogens (tertiary/aromatic N) is 1. The summed E-state index contributed by atoms with van der Waals surface area (Å²) >= 11 is 0. The number of nitrogens with one attached hydrogen (secondary N) is 1. The van der Waals surface area contributed by atoms with Crippen molar-refractivity contribution < 1.29 is 8.42 Å². The molecule has 5 heteroatoms. The van der Waals surface area contributed by atoms with E-state index in [-0.39, 0.29) is 12.3 Å². The van der Waals surface area contributed by atoms with E-state index in [1.807, 2.05) is 57.2 Å². The lowest BCUT2D eigenvalue weighted by molar-refractivity contribution is 0.584. The van der Waals surface area contributed by atoms with Crippen LogP contribution in [0.4, 0.5) is 0 Å². The van der Waals surface area contributed by atoms with E-state index in [9.17, 15) is 8.42 Å². The standard InChI is InChI=1S/C10H14N2O2S.C6H6.C2H6.CH4/c1-2-3-9-11-12-15(13,14)10-7-5-4-6-8-10;1-2-4-6-5-3-1;1-2;/h4-9,12H,2-3H2,1H3;1-6H;1-2H3;1H4/b11-9+;;;. The summed E-state index contributed by atoms with van der Waals surface area (Å²) in [6.07, 6.45) is 3.26. The molecular formula is C19H30N2O2S. The molecule has 0 saturated carbocycles. The van der Waals surface area contributed by atoms with E-state index in [2.05, 4.69) is 9.93 Å². The Hall–Kier alpha value is -2.14. The fourth-order valence-corrected chi connectivity index (χ4v) is 2.17. The summed E-state index contributed by atoms with van der Waals surface area (Å²) in [5.41, 5.74) is 0. The monoisotopic (exact) mass is 350 g/mol. The van der Waals surface area contributed by atoms with Gasteiger partial charge in [-0.15, -0.1) is 0 Å². The van der Waals surface area contributed by atoms with E-state index in [1.165, 1.54) is 12.1 Å². The Kier molecular flexibility index (Phi) is 15.8. The Morgan fingerprint density at radius 2 is 1.33 bits per heavy atom. The molecule has 2 aromatic rings. The summed E-state index contributed by atoms with van der Waals surface area (Å²) in [5, 5.41) is 3.65. The van der Waals surface area contributed by atoms with Crippen molar-refractivity contribution in [3.05, 3.63) is 66.7 Å². The van der Waals surface area contributed by atoms with Gasteiger partial charge in [0, 0.05) is 6.21 Å². The van der Waals surface area contributed by atoms with Crippen molar-refractivity contribution in [1.29, 1.82) is 0 Å². The Bertz CT molecular complexity index is 586. The second-order valence-electron chi connectivity index (χ2n) is 4.16. The van der Waals surface area contributed by atoms with Gasteiger partial charge in [-0.25, -0.2) is 4.83 Å². The molecule has 1 N–H and O–H groups in total. The zero-order valence-electron chi connectivity index (χ0n) is 14.0. The summed E-state index contributed by atoms with van der Waals surface area (Å²) in [4.78, 5) is 2.37. The highest BCUT2D eigenvalue weighted by atomic mass is 32.2. The molecule has 24 heavy (non-hydrogen) atoms. The molecule has 4 nitrogen and oxygen atoms in total. The smallest absolute Gasteiger partial charge is 0.200 e. The van der Waals surface area contributed by atoms with Crippen molar-refractivity contribution >= 4 is 16.2 Å². The zero-order valence-corrected chi connectivity index (χ0v) is 14.8. The minimum absolute atomic E-state index is 0. The van der Waals surface area contributed by atoms with Crippen molar-refractivity contribution in [3.8, 4) is 0 Å². The van der Waals surface area contributed by atoms with Crippen molar-refractivity contribution in [2.45, 2.75) is 45.9 Å². The first kappa shape index (κ1) is 24.1. The van der Waals surface area contributed by atoms with Crippen LogP contribution in [-0.4, -0.2) is 14.6 Å². The molecule has 0 saturated heterocycles. The third-order valence-electron chi connectivity index (χ3n) is 2.40. The van der Waals surface area contributed by atoms with Crippen LogP contribution in [-0.2, 0) is 10.0 Å². The van der Waals surface area contributed by atoms with Gasteiger partial charge >= 0.3 is 0 Å². The summed E-state index contributed by atoms with van der Waals surface area (Å²) < 4.78 is 23.1. The number of hydrogen-bond donors (Lipinski definition) is 1. The lowest BCUT2D eigenvalue weighted by Crippen LogP contribution is -2.18. The molecule has 0 unspecified atom stereocenters. The number of hydrazone groups is 1. The molecule has 2 aromatic carbocycles. The number of benzene rings is 2. The van der Waals surface area contributed by atoms with Crippen LogP contribution in [0.25, 0.3) is 0 Å². The largest absolute Gasteiger partial charge is 0.276 e. The van der Waals surface area contributed by atoms with Gasteiger partial charge in [0.2, 0.25) is 0 Å². The van der Waals surface area contributed by atoms with Gasteiger partial charge < -0.3 is 0 Å². The van der Waals surface area contributed by atoms with Crippen LogP contribution in [0, 0.1) is 0 Å². The lowest BCUT2D eigenvalue weighted by Gasteiger charge is -2.01. The van der Waals surface area contributed by atoms with Crippen molar-refractivity contribution in [3.63, 3.8) is 0 Å². The van der Waals surface area contributed by atoms with Gasteiger partial charge in [-0.3, -0.25) is 0 Å². The first-order valence-electron chi connectivity index (χ1n) is 7.75. The summed E-state index contributed by atoms with van der Waals surface area (Å²) in [7, 11) is -3.49. The second-order valence-corrected chi connectivity index (χ2v) is 5.82. The highest BCUT2D eigenvalue weighted by molar-refractivity contribution is 7.89. The first-order valence-corrected chi connectivity index (χ1v) is 9.23. The highest BCUT2D eigenvalue weighted by Gasteiger charge is 2.10. The summed E-state index contributed by atoms with van der Waals surface area (Å²) in [6.45, 7) is 6.00. The molecule has 0 fully saturated rings. The SMILES string of the molecule is C.CC.CCC/C=N/NS(=O)(=O)c1ccccc1.c1ccccc1. The van der Waals surface area contributed by atoms with Crippen LogP contribution in [0.15, 0.2) is 76.7 Å². The Morgan fingerprint density at radius 3 is 1.75 bits per heavy atom. The van der Waals surface area contributed by atoms with Gasteiger partial charge in [-0.05, 0) is 18.6 Å². The van der Waals surface area contributed by atoms with Crippen LogP contribution in [0.1, 0.15) is 41.0 Å². The average molecular weight is 351 g/mol. The molecule has 0 bridgehead atoms. The number of unbranched alkanes of at least 4 members (excludes halogenated alkanes) is 1. The molecule has 0 heterocycles. The van der Waals surface area contributed by atoms with E-state index in [1.54, 1.807) is 24.4 Å². The van der Waals surface area contributed by atoms with E-state index >= 15 is 0 Å². The average Bonchev–Trinajstić information content (AvgIpc) is 2.63. The molecule has 134 valence electrons. The van der Waals surface area contributed by atoms with Gasteiger partial charge in [-0.1, -0.05) is 89.2 Å². The van der Waals surface area contributed by atoms with Gasteiger partial charge in [0.15, 0.2) is 0 Å². The molecule has 0 atom stereocenters. The van der Waals surface area contributed by atoms with Crippen molar-refractivity contribution in [1.82, 2.24) is 4.83 Å². The third kappa shape index (κ3) is 11.4. The quantitative estimate of drug-likeness (QED) is 0.602. The van der Waals surface area contributed by atoms with E-state index in [4.69, 9.17) is 0 Å². The van der Waals surface area contributed by atoms with E-state index in [0.29, 0.717) is 0 Å². The number of rotatable bonds is 5. The Balaban J connectivity index is 0. The molecule has 0 spiro atoms. The maximum atomic E-state index is 11.6. The Morgan fingerprint density at radius 1 is 0.917 bits per heavy atom. The molecule has 0 aliphatic carbocycles. The van der Waals surface area contributed by atoms with Crippen LogP contribution in [0.5, 0.6) is 0 Å². The van der Waals surface area contributed by atoms with E-state index in [0.717, 1.165) is 12.8 Å². The van der Waals surface area contributed by atoms with Crippen molar-refractivity contribution in [2.24, 2.45) is 5.10 Å². The summed E-state index contributed by atoms with van der Waals surface area (Å²) in [6, 6.07) is 20.2. The van der Waals surface area contributed by atoms with E-state index < -0.39 is 10.0 Å². The summed E-state index contributed by atoms with van der Waals surface area (Å²) in [5.74, 6) is 0. The van der Waals surface area contributed by atoms with Gasteiger partial charge in [0.25, 0.3) is 10.0 Å². The van der Waals surface area contributed by atoms with Crippen LogP contribution in [0.3, 0.4) is 0 Å². The maximum absolute atomic E-state index is 11.6. The molecule has 0 aliphatic rings. The molecular weight excluding hydrogens is 320 g/mol. The van der Waals surface area contributed by atoms with Crippen molar-refractivity contribution in [2.75, 3.05) is 0 Å². The number of hydrogen-bond acceptors (Lipinski definition) is 3. The normalized spacial score (nSPS) is 9.62. The molecule has 0 radical (unpaired) electrons. The third-order valence-corrected chi connectivity index (χ3v) is 3.64. The fraction of sp³-hybridized carbons (Fsp3) is 0.316. The van der Waals surface area contributed by atoms with Gasteiger partial charge in [0.05, 0.1) is 4.90 Å². The van der Waals surface area contributed by atoms with Crippen LogP contribution in [0.2, 0.25) is 0 Å². The van der Waals surface area contributed by atoms with Crippen LogP contribution >= 0.6 is 0 Å². The highest BCUT2D eigenvalue weighted by Crippen LogP contribution is 2.06. The maximum Gasteiger partial charge on any atom is 0.276 e. The minimum atomic E-state index is -3.49. The number of sulfonamides is 1. The van der Waals surface area contributed by atoms with Gasteiger partial charge in [-0.2, -0.15) is 13.5 Å². The predicted octanol–water partition coefficient (Wildman–Crippen LogP) is 5.10. The molecule has 0 amide bonds. The molecule has 0 aromatic heterocycles. The topological polar surface area (TPSA) is 58.5 Å². The minimum Gasteiger partial charge on any atom is -0.200 e. The fourth-order valence-electron chi connectivity index (χ4n) is 1.34.